The summed E-state index contributed by atoms with van der Waals surface area (Å²) in [6, 6.07) is 59.9. The third-order valence-electron chi connectivity index (χ3n) is 19.5. The number of aromatic nitrogens is 4. The Morgan fingerprint density at radius 2 is 1.08 bits per heavy atom. The van der Waals surface area contributed by atoms with Crippen molar-refractivity contribution in [2.75, 3.05) is 0 Å². The fourth-order valence-corrected chi connectivity index (χ4v) is 15.3. The molecule has 0 aliphatic heterocycles. The summed E-state index contributed by atoms with van der Waals surface area (Å²) in [7, 11) is 0. The molecule has 16 rings (SSSR count). The van der Waals surface area contributed by atoms with Gasteiger partial charge in [0, 0.05) is 65.9 Å². The molecular formula is C78H60N4OPt-2. The number of para-hydroxylation sites is 3. The monoisotopic (exact) mass is 1270 g/mol. The van der Waals surface area contributed by atoms with E-state index in [1.54, 1.807) is 33.4 Å². The summed E-state index contributed by atoms with van der Waals surface area (Å²) in [6.45, 7) is 16.6. The molecule has 4 atom stereocenters. The Kier molecular flexibility index (Phi) is 9.28. The maximum Gasteiger partial charge on any atom is 0.268 e. The number of hydrogen-bond donors (Lipinski definition) is 0. The first-order chi connectivity index (χ1) is 44.4. The molecule has 3 aliphatic carbocycles. The van der Waals surface area contributed by atoms with Gasteiger partial charge in [0.05, 0.1) is 30.4 Å². The average Bonchev–Trinajstić information content (AvgIpc) is 1.44. The van der Waals surface area contributed by atoms with Crippen LogP contribution >= 0.6 is 0 Å². The molecule has 0 fully saturated rings. The van der Waals surface area contributed by atoms with E-state index in [2.05, 4.69) is 175 Å². The topological polar surface area (TPSA) is 35.9 Å². The van der Waals surface area contributed by atoms with Gasteiger partial charge in [0.15, 0.2) is 0 Å². The van der Waals surface area contributed by atoms with Crippen LogP contribution in [0.3, 0.4) is 0 Å². The Balaban J connectivity index is 0.00000729. The van der Waals surface area contributed by atoms with Crippen LogP contribution in [0.4, 0.5) is 0 Å². The molecule has 4 unspecified atom stereocenters. The summed E-state index contributed by atoms with van der Waals surface area (Å²) >= 11 is 0. The van der Waals surface area contributed by atoms with Crippen LogP contribution in [0.5, 0.6) is 11.5 Å². The number of rotatable bonds is 8. The first-order valence-electron chi connectivity index (χ1n) is 33.2. The first-order valence-corrected chi connectivity index (χ1v) is 28.2. The SMILES string of the molecule is [2H]c1c([2H])c([2H])c(-c2cccc(-c3c([2H])c([2H])c([2H])c([2H])c3[2H])c2-[n+]2[c-]n(-c3[c-]c(Oc4[c-]c5c(cc4)c4cc(-c6ccc7c(c6)C6(C)c8ccccc8C8(C)c9ccccc9C7(C)C86C)ccc4n5-c4cc(C(C)(C)C)ccn4)ccc3)c3ccccc32)c([2H])c1[2H].[Pt]. The molecule has 3 aromatic heterocycles. The van der Waals surface area contributed by atoms with Gasteiger partial charge in [-0.1, -0.05) is 230 Å². The van der Waals surface area contributed by atoms with Crippen LogP contribution in [0.25, 0.3) is 83.4 Å². The smallest absolute Gasteiger partial charge is 0.268 e. The number of pyridine rings is 1. The zero-order chi connectivity index (χ0) is 64.9. The third kappa shape index (κ3) is 6.94. The number of imidazole rings is 1. The Morgan fingerprint density at radius 3 is 1.74 bits per heavy atom. The molecular weight excluding hydrogens is 1200 g/mol. The van der Waals surface area contributed by atoms with Crippen molar-refractivity contribution >= 4 is 32.8 Å². The predicted molar refractivity (Wildman–Crippen MR) is 335 cm³/mol. The molecule has 10 aromatic carbocycles. The molecule has 0 N–H and O–H groups in total. The maximum absolute atomic E-state index is 9.13. The van der Waals surface area contributed by atoms with E-state index in [1.165, 1.54) is 33.4 Å². The van der Waals surface area contributed by atoms with Crippen LogP contribution in [0.2, 0.25) is 0 Å². The Hall–Kier alpha value is -8.89. The predicted octanol–water partition coefficient (Wildman–Crippen LogP) is 18.2. The molecule has 13 aromatic rings. The molecule has 3 aliphatic rings. The van der Waals surface area contributed by atoms with Gasteiger partial charge in [0.1, 0.15) is 5.82 Å². The van der Waals surface area contributed by atoms with E-state index >= 15 is 0 Å². The fourth-order valence-electron chi connectivity index (χ4n) is 15.3. The van der Waals surface area contributed by atoms with Gasteiger partial charge >= 0.3 is 0 Å². The second-order valence-corrected chi connectivity index (χ2v) is 24.1. The minimum absolute atomic E-state index is 0. The molecule has 0 saturated heterocycles. The van der Waals surface area contributed by atoms with Gasteiger partial charge in [-0.15, -0.1) is 29.7 Å². The number of benzene rings is 10. The van der Waals surface area contributed by atoms with Crippen molar-refractivity contribution in [2.45, 2.75) is 70.1 Å². The molecule has 5 nitrogen and oxygen atoms in total. The van der Waals surface area contributed by atoms with E-state index in [0.29, 0.717) is 28.2 Å². The Morgan fingerprint density at radius 1 is 0.512 bits per heavy atom. The van der Waals surface area contributed by atoms with E-state index in [1.807, 2.05) is 48.7 Å². The van der Waals surface area contributed by atoms with Gasteiger partial charge in [-0.05, 0) is 113 Å². The van der Waals surface area contributed by atoms with Crippen molar-refractivity contribution in [1.29, 1.82) is 0 Å². The molecule has 0 radical (unpaired) electrons. The molecule has 3 heterocycles. The summed E-state index contributed by atoms with van der Waals surface area (Å²) in [5.74, 6) is 1.51. The molecule has 410 valence electrons. The van der Waals surface area contributed by atoms with Crippen LogP contribution in [0.1, 0.15) is 101 Å². The summed E-state index contributed by atoms with van der Waals surface area (Å²) in [5.41, 5.74) is 14.2. The minimum Gasteiger partial charge on any atom is -0.510 e. The van der Waals surface area contributed by atoms with E-state index in [-0.39, 0.29) is 76.1 Å². The van der Waals surface area contributed by atoms with Crippen molar-refractivity contribution in [1.82, 2.24) is 14.1 Å². The van der Waals surface area contributed by atoms with E-state index in [0.717, 1.165) is 44.3 Å². The standard InChI is InChI=1S/C78H60N4O.Pt/c1-74(2,3)54-42-43-79-72(46-54)82-68-41-37-52(53-36-40-66-67(45-53)77(6)65-33-17-16-32-64(65)75(4)62-30-14-15-31-63(62)76(66,5)78(75,77)7)44-61(68)60-39-38-57(48-71(60)82)83-56-27-20-26-55(47-56)80-49-81(70-35-19-18-34-69(70)80)73-58(50-22-10-8-11-23-50)28-21-29-59(73)51-24-12-9-13-25-51;/h8-46H,1-7H3;/q-2;/i8D,9D,10D,11D,12D,13D,22D,23D,24D,25D;. The van der Waals surface area contributed by atoms with Crippen LogP contribution < -0.4 is 9.30 Å². The molecule has 6 heteroatoms. The van der Waals surface area contributed by atoms with Gasteiger partial charge < -0.3 is 13.9 Å². The second kappa shape index (κ2) is 18.6. The van der Waals surface area contributed by atoms with Crippen LogP contribution in [0, 0.1) is 23.9 Å². The maximum atomic E-state index is 9.13. The second-order valence-electron chi connectivity index (χ2n) is 24.1. The molecule has 0 saturated carbocycles. The van der Waals surface area contributed by atoms with Crippen LogP contribution in [-0.2, 0) is 42.7 Å². The van der Waals surface area contributed by atoms with Crippen molar-refractivity contribution in [3.8, 4) is 62.1 Å². The zero-order valence-electron chi connectivity index (χ0n) is 57.3. The van der Waals surface area contributed by atoms with Crippen molar-refractivity contribution in [3.05, 3.63) is 294 Å². The number of nitrogens with zero attached hydrogens (tertiary/aromatic N) is 4. The van der Waals surface area contributed by atoms with Gasteiger partial charge in [0.25, 0.3) is 6.33 Å². The number of fused-ring (bicyclic) bond motifs is 13. The van der Waals surface area contributed by atoms with Gasteiger partial charge in [-0.2, -0.15) is 18.2 Å². The van der Waals surface area contributed by atoms with Crippen LogP contribution in [0.15, 0.2) is 236 Å². The summed E-state index contributed by atoms with van der Waals surface area (Å²) in [5, 5.41) is 1.99. The Bertz CT molecular complexity index is 5330. The van der Waals surface area contributed by atoms with Crippen LogP contribution in [-0.4, -0.2) is 14.1 Å². The van der Waals surface area contributed by atoms with E-state index < -0.39 is 60.4 Å². The largest absolute Gasteiger partial charge is 0.510 e. The van der Waals surface area contributed by atoms with E-state index in [9.17, 15) is 0 Å². The summed E-state index contributed by atoms with van der Waals surface area (Å²) in [6.07, 6.45) is 5.32. The van der Waals surface area contributed by atoms with Gasteiger partial charge in [-0.3, -0.25) is 4.57 Å². The summed E-state index contributed by atoms with van der Waals surface area (Å²) in [4.78, 5) is 5.02. The number of hydrogen-bond acceptors (Lipinski definition) is 2. The molecule has 0 spiro atoms. The molecule has 0 amide bonds. The quantitative estimate of drug-likeness (QED) is 0.112. The Labute approximate surface area is 519 Å². The van der Waals surface area contributed by atoms with Crippen molar-refractivity contribution < 1.29 is 44.1 Å². The van der Waals surface area contributed by atoms with Crippen molar-refractivity contribution in [3.63, 3.8) is 0 Å². The molecule has 0 bridgehead atoms. The minimum atomic E-state index is -0.575. The first kappa shape index (κ1) is 42.0. The van der Waals surface area contributed by atoms with Gasteiger partial charge in [0.2, 0.25) is 0 Å². The third-order valence-corrected chi connectivity index (χ3v) is 19.5. The zero-order valence-corrected chi connectivity index (χ0v) is 49.5. The van der Waals surface area contributed by atoms with Crippen molar-refractivity contribution in [2.24, 2.45) is 5.41 Å². The average molecular weight is 1270 g/mol. The van der Waals surface area contributed by atoms with Gasteiger partial charge in [-0.25, -0.2) is 4.98 Å². The number of ether oxygens (including phenoxy) is 1. The molecule has 84 heavy (non-hydrogen) atoms. The normalized spacial score (nSPS) is 21.6. The fraction of sp³-hybridized carbons (Fsp3) is 0.154. The summed E-state index contributed by atoms with van der Waals surface area (Å²) < 4.78 is 100. The van der Waals surface area contributed by atoms with E-state index in [4.69, 9.17) is 23.4 Å².